The van der Waals surface area contributed by atoms with Gasteiger partial charge in [-0.05, 0) is 29.8 Å². The molecule has 0 radical (unpaired) electrons. The standard InChI is InChI=1S/C19H20ClFN2O4/c1-25-19(24)14-3-2-6-23-18(14)27-11-13-10-22-7-8-26-17(13)12-4-5-15(20)16(21)9-12/h2-6,9,13,17,22H,7-8,10-11H2,1H3/t13-,17-/m0/s1. The summed E-state index contributed by atoms with van der Waals surface area (Å²) in [4.78, 5) is 16.0. The molecule has 1 saturated heterocycles. The smallest absolute Gasteiger partial charge is 0.343 e. The highest BCUT2D eigenvalue weighted by molar-refractivity contribution is 6.30. The van der Waals surface area contributed by atoms with Gasteiger partial charge in [0.1, 0.15) is 11.4 Å². The van der Waals surface area contributed by atoms with Crippen LogP contribution in [0.1, 0.15) is 22.0 Å². The summed E-state index contributed by atoms with van der Waals surface area (Å²) in [6.45, 7) is 2.00. The molecule has 1 aliphatic heterocycles. The quantitative estimate of drug-likeness (QED) is 0.786. The van der Waals surface area contributed by atoms with Crippen molar-refractivity contribution in [3.05, 3.63) is 58.5 Å². The molecule has 0 spiro atoms. The predicted octanol–water partition coefficient (Wildman–Crippen LogP) is 3.02. The molecule has 0 saturated carbocycles. The van der Waals surface area contributed by atoms with Gasteiger partial charge >= 0.3 is 5.97 Å². The summed E-state index contributed by atoms with van der Waals surface area (Å²) >= 11 is 5.79. The van der Waals surface area contributed by atoms with E-state index in [1.54, 1.807) is 18.2 Å². The Morgan fingerprint density at radius 1 is 1.44 bits per heavy atom. The zero-order valence-electron chi connectivity index (χ0n) is 14.8. The van der Waals surface area contributed by atoms with Crippen molar-refractivity contribution < 1.29 is 23.4 Å². The lowest BCUT2D eigenvalue weighted by Gasteiger charge is -2.25. The number of pyridine rings is 1. The Bertz CT molecular complexity index is 805. The zero-order chi connectivity index (χ0) is 19.2. The molecule has 3 rings (SSSR count). The maximum Gasteiger partial charge on any atom is 0.343 e. The number of nitrogens with one attached hydrogen (secondary N) is 1. The molecule has 27 heavy (non-hydrogen) atoms. The highest BCUT2D eigenvalue weighted by atomic mass is 35.5. The Labute approximate surface area is 161 Å². The van der Waals surface area contributed by atoms with Gasteiger partial charge in [0.15, 0.2) is 0 Å². The normalized spacial score (nSPS) is 20.0. The van der Waals surface area contributed by atoms with Gasteiger partial charge in [-0.15, -0.1) is 0 Å². The monoisotopic (exact) mass is 394 g/mol. The Hall–Kier alpha value is -2.22. The second-order valence-corrected chi connectivity index (χ2v) is 6.50. The van der Waals surface area contributed by atoms with Crippen LogP contribution in [0, 0.1) is 11.7 Å². The van der Waals surface area contributed by atoms with Crippen LogP contribution < -0.4 is 10.1 Å². The van der Waals surface area contributed by atoms with E-state index in [1.165, 1.54) is 25.4 Å². The van der Waals surface area contributed by atoms with Crippen LogP contribution >= 0.6 is 11.6 Å². The van der Waals surface area contributed by atoms with Crippen LogP contribution in [-0.4, -0.2) is 44.4 Å². The Morgan fingerprint density at radius 3 is 3.07 bits per heavy atom. The van der Waals surface area contributed by atoms with Crippen LogP contribution in [0.4, 0.5) is 4.39 Å². The number of benzene rings is 1. The van der Waals surface area contributed by atoms with E-state index < -0.39 is 11.8 Å². The van der Waals surface area contributed by atoms with E-state index in [2.05, 4.69) is 10.3 Å². The number of methoxy groups -OCH3 is 1. The number of carbonyl (C=O) groups excluding carboxylic acids is 1. The molecule has 0 unspecified atom stereocenters. The summed E-state index contributed by atoms with van der Waals surface area (Å²) in [6.07, 6.45) is 1.16. The molecule has 6 nitrogen and oxygen atoms in total. The van der Waals surface area contributed by atoms with Crippen molar-refractivity contribution in [2.75, 3.05) is 33.4 Å². The fourth-order valence-electron chi connectivity index (χ4n) is 2.95. The van der Waals surface area contributed by atoms with Gasteiger partial charge in [-0.3, -0.25) is 0 Å². The minimum Gasteiger partial charge on any atom is -0.477 e. The first-order valence-electron chi connectivity index (χ1n) is 8.53. The molecule has 1 fully saturated rings. The van der Waals surface area contributed by atoms with Gasteiger partial charge in [0.25, 0.3) is 0 Å². The summed E-state index contributed by atoms with van der Waals surface area (Å²) in [7, 11) is 1.30. The van der Waals surface area contributed by atoms with Crippen LogP contribution in [0.15, 0.2) is 36.5 Å². The molecule has 144 valence electrons. The molecule has 1 aromatic carbocycles. The number of hydrogen-bond acceptors (Lipinski definition) is 6. The zero-order valence-corrected chi connectivity index (χ0v) is 15.5. The minimum atomic E-state index is -0.523. The number of carbonyl (C=O) groups is 1. The van der Waals surface area contributed by atoms with Crippen LogP contribution in [0.3, 0.4) is 0 Å². The van der Waals surface area contributed by atoms with E-state index in [0.29, 0.717) is 25.3 Å². The molecule has 1 aromatic heterocycles. The lowest BCUT2D eigenvalue weighted by Crippen LogP contribution is -2.29. The average Bonchev–Trinajstić information content (AvgIpc) is 2.93. The van der Waals surface area contributed by atoms with E-state index in [0.717, 1.165) is 0 Å². The summed E-state index contributed by atoms with van der Waals surface area (Å²) in [5.74, 6) is -0.952. The molecule has 0 amide bonds. The van der Waals surface area contributed by atoms with E-state index in [9.17, 15) is 9.18 Å². The topological polar surface area (TPSA) is 69.7 Å². The van der Waals surface area contributed by atoms with Crippen molar-refractivity contribution in [2.45, 2.75) is 6.10 Å². The second-order valence-electron chi connectivity index (χ2n) is 6.09. The molecule has 1 N–H and O–H groups in total. The Balaban J connectivity index is 1.79. The van der Waals surface area contributed by atoms with Crippen LogP contribution in [0.25, 0.3) is 0 Å². The van der Waals surface area contributed by atoms with Crippen molar-refractivity contribution in [3.8, 4) is 5.88 Å². The lowest BCUT2D eigenvalue weighted by molar-refractivity contribution is 0.0143. The number of esters is 1. The van der Waals surface area contributed by atoms with Crippen LogP contribution in [-0.2, 0) is 9.47 Å². The third-order valence-corrected chi connectivity index (χ3v) is 4.60. The van der Waals surface area contributed by atoms with E-state index in [1.807, 2.05) is 0 Å². The van der Waals surface area contributed by atoms with Gasteiger partial charge in [0.2, 0.25) is 5.88 Å². The summed E-state index contributed by atoms with van der Waals surface area (Å²) in [6, 6.07) is 7.86. The number of ether oxygens (including phenoxy) is 3. The third kappa shape index (κ3) is 4.74. The number of halogens is 2. The number of rotatable bonds is 5. The number of nitrogens with zero attached hydrogens (tertiary/aromatic N) is 1. The lowest BCUT2D eigenvalue weighted by atomic mass is 9.96. The van der Waals surface area contributed by atoms with Crippen molar-refractivity contribution in [1.82, 2.24) is 10.3 Å². The van der Waals surface area contributed by atoms with Crippen molar-refractivity contribution in [2.24, 2.45) is 5.92 Å². The van der Waals surface area contributed by atoms with E-state index in [4.69, 9.17) is 25.8 Å². The molecule has 2 aromatic rings. The Kier molecular flexibility index (Phi) is 6.60. The molecule has 0 bridgehead atoms. The van der Waals surface area contributed by atoms with Gasteiger partial charge < -0.3 is 19.5 Å². The largest absolute Gasteiger partial charge is 0.477 e. The highest BCUT2D eigenvalue weighted by Gasteiger charge is 2.28. The maximum atomic E-state index is 13.9. The summed E-state index contributed by atoms with van der Waals surface area (Å²) in [5.41, 5.74) is 0.931. The third-order valence-electron chi connectivity index (χ3n) is 4.29. The van der Waals surface area contributed by atoms with Gasteiger partial charge in [0.05, 0.1) is 31.5 Å². The number of hydrogen-bond donors (Lipinski definition) is 1. The molecule has 8 heteroatoms. The van der Waals surface area contributed by atoms with Gasteiger partial charge in [-0.2, -0.15) is 0 Å². The van der Waals surface area contributed by atoms with Crippen molar-refractivity contribution in [1.29, 1.82) is 0 Å². The molecule has 2 heterocycles. The molecule has 2 atom stereocenters. The minimum absolute atomic E-state index is 0.0644. The Morgan fingerprint density at radius 2 is 2.30 bits per heavy atom. The molecular formula is C19H20ClFN2O4. The predicted molar refractivity (Wildman–Crippen MR) is 97.5 cm³/mol. The molecule has 1 aliphatic rings. The number of aromatic nitrogens is 1. The molecular weight excluding hydrogens is 375 g/mol. The SMILES string of the molecule is COC(=O)c1cccnc1OC[C@@H]1CNCCO[C@H]1c1ccc(Cl)c(F)c1. The summed E-state index contributed by atoms with van der Waals surface area (Å²) in [5, 5.41) is 3.34. The maximum absolute atomic E-state index is 13.9. The fourth-order valence-corrected chi connectivity index (χ4v) is 3.07. The van der Waals surface area contributed by atoms with E-state index in [-0.39, 0.29) is 35.1 Å². The molecule has 0 aliphatic carbocycles. The first-order chi connectivity index (χ1) is 13.1. The van der Waals surface area contributed by atoms with Crippen LogP contribution in [0.5, 0.6) is 5.88 Å². The summed E-state index contributed by atoms with van der Waals surface area (Å²) < 4.78 is 30.4. The van der Waals surface area contributed by atoms with Crippen LogP contribution in [0.2, 0.25) is 5.02 Å². The fraction of sp³-hybridized carbons (Fsp3) is 0.368. The highest BCUT2D eigenvalue weighted by Crippen LogP contribution is 2.30. The average molecular weight is 395 g/mol. The van der Waals surface area contributed by atoms with E-state index >= 15 is 0 Å². The second kappa shape index (κ2) is 9.12. The first kappa shape index (κ1) is 19.5. The van der Waals surface area contributed by atoms with Gasteiger partial charge in [0, 0.05) is 25.2 Å². The van der Waals surface area contributed by atoms with Gasteiger partial charge in [-0.25, -0.2) is 14.2 Å². The first-order valence-corrected chi connectivity index (χ1v) is 8.91. The van der Waals surface area contributed by atoms with Gasteiger partial charge in [-0.1, -0.05) is 17.7 Å². The van der Waals surface area contributed by atoms with Crippen molar-refractivity contribution >= 4 is 17.6 Å². The van der Waals surface area contributed by atoms with Crippen molar-refractivity contribution in [3.63, 3.8) is 0 Å².